The molecule has 0 spiro atoms. The first kappa shape index (κ1) is 21.3. The van der Waals surface area contributed by atoms with E-state index in [1.54, 1.807) is 19.1 Å². The number of halogens is 1. The fourth-order valence-corrected chi connectivity index (χ4v) is 4.27. The number of nitrogens with zero attached hydrogens (tertiary/aromatic N) is 1. The molecule has 1 aliphatic rings. The molecule has 2 N–H and O–H groups in total. The van der Waals surface area contributed by atoms with Crippen molar-refractivity contribution in [2.75, 3.05) is 5.32 Å². The molecule has 1 amide bonds. The Kier molecular flexibility index (Phi) is 6.92. The Morgan fingerprint density at radius 2 is 1.76 bits per heavy atom. The molecule has 1 fully saturated rings. The third kappa shape index (κ3) is 5.81. The lowest BCUT2D eigenvalue weighted by atomic mass is 9.88. The van der Waals surface area contributed by atoms with Gasteiger partial charge >= 0.3 is 0 Å². The summed E-state index contributed by atoms with van der Waals surface area (Å²) in [7, 11) is -3.79. The van der Waals surface area contributed by atoms with E-state index in [2.05, 4.69) is 15.2 Å². The smallest absolute Gasteiger partial charge is 0.276 e. The molecule has 0 atom stereocenters. The molecule has 0 aromatic heterocycles. The maximum absolute atomic E-state index is 12.4. The van der Waals surface area contributed by atoms with Gasteiger partial charge in [0.05, 0.1) is 10.6 Å². The zero-order valence-electron chi connectivity index (χ0n) is 16.2. The number of hydrogen-bond donors (Lipinski definition) is 2. The van der Waals surface area contributed by atoms with Gasteiger partial charge in [0.15, 0.2) is 0 Å². The van der Waals surface area contributed by atoms with E-state index in [0.29, 0.717) is 22.0 Å². The van der Waals surface area contributed by atoms with E-state index in [0.717, 1.165) is 25.7 Å². The number of sulfonamides is 1. The molecule has 0 radical (unpaired) electrons. The third-order valence-electron chi connectivity index (χ3n) is 4.98. The van der Waals surface area contributed by atoms with Crippen LogP contribution >= 0.6 is 11.6 Å². The maximum atomic E-state index is 12.4. The van der Waals surface area contributed by atoms with E-state index in [1.807, 2.05) is 12.1 Å². The molecular formula is C21H24ClN3O3S. The minimum Gasteiger partial charge on any atom is -0.326 e. The topological polar surface area (TPSA) is 87.6 Å². The minimum atomic E-state index is -3.79. The fraction of sp³-hybridized carbons (Fsp3) is 0.333. The first-order valence-corrected chi connectivity index (χ1v) is 11.4. The number of carbonyl (C=O) groups excluding carboxylic acids is 1. The van der Waals surface area contributed by atoms with Crippen molar-refractivity contribution in [3.63, 3.8) is 0 Å². The number of nitrogens with one attached hydrogen (secondary N) is 2. The van der Waals surface area contributed by atoms with Gasteiger partial charge in [0.25, 0.3) is 10.0 Å². The first-order valence-electron chi connectivity index (χ1n) is 9.58. The van der Waals surface area contributed by atoms with Crippen LogP contribution in [-0.4, -0.2) is 20.0 Å². The second-order valence-electron chi connectivity index (χ2n) is 7.15. The van der Waals surface area contributed by atoms with Crippen LogP contribution in [-0.2, 0) is 14.8 Å². The Balaban J connectivity index is 1.68. The Morgan fingerprint density at radius 3 is 2.45 bits per heavy atom. The van der Waals surface area contributed by atoms with Gasteiger partial charge in [-0.15, -0.1) is 0 Å². The van der Waals surface area contributed by atoms with E-state index in [9.17, 15) is 13.2 Å². The molecular weight excluding hydrogens is 410 g/mol. The fourth-order valence-electron chi connectivity index (χ4n) is 3.29. The van der Waals surface area contributed by atoms with Crippen LogP contribution in [0.5, 0.6) is 0 Å². The summed E-state index contributed by atoms with van der Waals surface area (Å²) in [5, 5.41) is 7.43. The van der Waals surface area contributed by atoms with Gasteiger partial charge in [0, 0.05) is 16.6 Å². The molecule has 0 saturated heterocycles. The SMILES string of the molecule is C/C(=N/NS(=O)(=O)c1ccc(Cl)cc1)c1cccc(NC(=O)C2CCCCC2)c1. The molecule has 0 heterocycles. The van der Waals surface area contributed by atoms with Crippen LogP contribution in [0.3, 0.4) is 0 Å². The van der Waals surface area contributed by atoms with Crippen LogP contribution in [0.2, 0.25) is 5.02 Å². The van der Waals surface area contributed by atoms with E-state index < -0.39 is 10.0 Å². The summed E-state index contributed by atoms with van der Waals surface area (Å²) >= 11 is 5.80. The second-order valence-corrected chi connectivity index (χ2v) is 9.25. The highest BCUT2D eigenvalue weighted by Gasteiger charge is 2.21. The van der Waals surface area contributed by atoms with Crippen molar-refractivity contribution < 1.29 is 13.2 Å². The zero-order valence-corrected chi connectivity index (χ0v) is 17.8. The Bertz CT molecular complexity index is 998. The van der Waals surface area contributed by atoms with Crippen molar-refractivity contribution in [1.82, 2.24) is 4.83 Å². The van der Waals surface area contributed by atoms with E-state index in [4.69, 9.17) is 11.6 Å². The molecule has 2 aromatic carbocycles. The normalized spacial score (nSPS) is 15.7. The van der Waals surface area contributed by atoms with Gasteiger partial charge < -0.3 is 5.32 Å². The predicted molar refractivity (Wildman–Crippen MR) is 116 cm³/mol. The van der Waals surface area contributed by atoms with E-state index in [1.165, 1.54) is 30.7 Å². The molecule has 1 saturated carbocycles. The highest BCUT2D eigenvalue weighted by atomic mass is 35.5. The molecule has 154 valence electrons. The van der Waals surface area contributed by atoms with Gasteiger partial charge in [0.2, 0.25) is 5.91 Å². The average molecular weight is 434 g/mol. The Morgan fingerprint density at radius 1 is 1.07 bits per heavy atom. The van der Waals surface area contributed by atoms with Gasteiger partial charge in [-0.25, -0.2) is 0 Å². The monoisotopic (exact) mass is 433 g/mol. The molecule has 0 bridgehead atoms. The van der Waals surface area contributed by atoms with Crippen LogP contribution < -0.4 is 10.1 Å². The highest BCUT2D eigenvalue weighted by molar-refractivity contribution is 7.89. The van der Waals surface area contributed by atoms with Crippen LogP contribution in [0.1, 0.15) is 44.6 Å². The largest absolute Gasteiger partial charge is 0.326 e. The summed E-state index contributed by atoms with van der Waals surface area (Å²) in [6.45, 7) is 1.70. The lowest BCUT2D eigenvalue weighted by Crippen LogP contribution is -2.24. The number of benzene rings is 2. The Labute approximate surface area is 176 Å². The first-order chi connectivity index (χ1) is 13.8. The molecule has 0 aliphatic heterocycles. The van der Waals surface area contributed by atoms with E-state index >= 15 is 0 Å². The number of rotatable bonds is 6. The standard InChI is InChI=1S/C21H24ClN3O3S/c1-15(24-25-29(27,28)20-12-10-18(22)11-13-20)17-8-5-9-19(14-17)23-21(26)16-6-3-2-4-7-16/h5,8-14,16,25H,2-4,6-7H2,1H3,(H,23,26)/b24-15-. The van der Waals surface area contributed by atoms with Crippen molar-refractivity contribution in [2.45, 2.75) is 43.9 Å². The van der Waals surface area contributed by atoms with Gasteiger partial charge in [-0.05, 0) is 61.7 Å². The van der Waals surface area contributed by atoms with Crippen molar-refractivity contribution in [3.05, 3.63) is 59.1 Å². The van der Waals surface area contributed by atoms with Crippen molar-refractivity contribution in [3.8, 4) is 0 Å². The Hall–Kier alpha value is -2.38. The van der Waals surface area contributed by atoms with Gasteiger partial charge in [-0.2, -0.15) is 18.4 Å². The summed E-state index contributed by atoms with van der Waals surface area (Å²) in [6.07, 6.45) is 5.24. The number of amides is 1. The number of hydrogen-bond acceptors (Lipinski definition) is 4. The number of hydrazone groups is 1. The van der Waals surface area contributed by atoms with Crippen molar-refractivity contribution in [2.24, 2.45) is 11.0 Å². The predicted octanol–water partition coefficient (Wildman–Crippen LogP) is 4.56. The minimum absolute atomic E-state index is 0.0416. The lowest BCUT2D eigenvalue weighted by Gasteiger charge is -2.20. The average Bonchev–Trinajstić information content (AvgIpc) is 2.73. The molecule has 8 heteroatoms. The molecule has 29 heavy (non-hydrogen) atoms. The molecule has 2 aromatic rings. The third-order valence-corrected chi connectivity index (χ3v) is 6.46. The van der Waals surface area contributed by atoms with Crippen LogP contribution in [0.15, 0.2) is 58.5 Å². The molecule has 3 rings (SSSR count). The zero-order chi connectivity index (χ0) is 20.9. The van der Waals surface area contributed by atoms with Crippen molar-refractivity contribution in [1.29, 1.82) is 0 Å². The summed E-state index contributed by atoms with van der Waals surface area (Å²) < 4.78 is 24.7. The highest BCUT2D eigenvalue weighted by Crippen LogP contribution is 2.25. The molecule has 6 nitrogen and oxygen atoms in total. The van der Waals surface area contributed by atoms with Crippen LogP contribution in [0.25, 0.3) is 0 Å². The number of anilines is 1. The quantitative estimate of drug-likeness (QED) is 0.517. The lowest BCUT2D eigenvalue weighted by molar-refractivity contribution is -0.120. The second kappa shape index (κ2) is 9.41. The van der Waals surface area contributed by atoms with Gasteiger partial charge in [0.1, 0.15) is 0 Å². The van der Waals surface area contributed by atoms with E-state index in [-0.39, 0.29) is 16.7 Å². The summed E-state index contributed by atoms with van der Waals surface area (Å²) in [5.74, 6) is 0.105. The number of carbonyl (C=O) groups is 1. The summed E-state index contributed by atoms with van der Waals surface area (Å²) in [6, 6.07) is 13.1. The van der Waals surface area contributed by atoms with Crippen LogP contribution in [0.4, 0.5) is 5.69 Å². The van der Waals surface area contributed by atoms with Gasteiger partial charge in [-0.1, -0.05) is 43.0 Å². The van der Waals surface area contributed by atoms with Gasteiger partial charge in [-0.3, -0.25) is 4.79 Å². The summed E-state index contributed by atoms with van der Waals surface area (Å²) in [4.78, 5) is 14.8. The summed E-state index contributed by atoms with van der Waals surface area (Å²) in [5.41, 5.74) is 1.87. The van der Waals surface area contributed by atoms with Crippen molar-refractivity contribution >= 4 is 38.9 Å². The van der Waals surface area contributed by atoms with Crippen LogP contribution in [0, 0.1) is 5.92 Å². The maximum Gasteiger partial charge on any atom is 0.276 e. The molecule has 0 unspecified atom stereocenters. The molecule has 1 aliphatic carbocycles.